The molecular weight excluding hydrogens is 334 g/mol. The normalized spacial score (nSPS) is 11.3. The van der Waals surface area contributed by atoms with Crippen molar-refractivity contribution >= 4 is 32.9 Å². The molecule has 0 fully saturated rings. The van der Waals surface area contributed by atoms with Crippen LogP contribution in [0, 0.1) is 6.92 Å². The predicted octanol–water partition coefficient (Wildman–Crippen LogP) is 2.66. The number of benzene rings is 1. The Kier molecular flexibility index (Phi) is 5.38. The molecule has 2 rings (SSSR count). The minimum atomic E-state index is -3.11. The van der Waals surface area contributed by atoms with Gasteiger partial charge in [0.2, 0.25) is 0 Å². The minimum Gasteiger partial charge on any atom is -0.322 e. The first kappa shape index (κ1) is 17.4. The zero-order valence-corrected chi connectivity index (χ0v) is 14.9. The van der Waals surface area contributed by atoms with Gasteiger partial charge < -0.3 is 10.2 Å². The van der Waals surface area contributed by atoms with Crippen LogP contribution >= 0.6 is 11.3 Å². The van der Waals surface area contributed by atoms with Gasteiger partial charge >= 0.3 is 6.03 Å². The molecule has 0 saturated heterocycles. The molecule has 2 amide bonds. The number of nitrogens with one attached hydrogen (secondary N) is 1. The van der Waals surface area contributed by atoms with Crippen LogP contribution in [0.3, 0.4) is 0 Å². The summed E-state index contributed by atoms with van der Waals surface area (Å²) in [5.41, 5.74) is 2.05. The minimum absolute atomic E-state index is 0.0509. The molecule has 0 aliphatic carbocycles. The Bertz CT molecular complexity index is 800. The molecule has 0 unspecified atom stereocenters. The summed E-state index contributed by atoms with van der Waals surface area (Å²) in [5, 5.41) is 5.65. The molecule has 1 aromatic carbocycles. The lowest BCUT2D eigenvalue weighted by Crippen LogP contribution is -2.31. The van der Waals surface area contributed by atoms with Gasteiger partial charge in [0.25, 0.3) is 0 Å². The van der Waals surface area contributed by atoms with E-state index in [4.69, 9.17) is 0 Å². The molecule has 2 aromatic rings. The molecule has 6 nitrogen and oxygen atoms in total. The third-order valence-corrected chi connectivity index (χ3v) is 4.70. The van der Waals surface area contributed by atoms with Crippen molar-refractivity contribution < 1.29 is 13.2 Å². The SMILES string of the molecule is Cc1nc(CN(C)C(=O)Nc2cccc(CS(C)(=O)=O)c2)cs1. The van der Waals surface area contributed by atoms with E-state index >= 15 is 0 Å². The van der Waals surface area contributed by atoms with Crippen molar-refractivity contribution in [2.75, 3.05) is 18.6 Å². The van der Waals surface area contributed by atoms with Crippen molar-refractivity contribution in [1.29, 1.82) is 0 Å². The zero-order chi connectivity index (χ0) is 17.0. The van der Waals surface area contributed by atoms with Crippen LogP contribution in [-0.4, -0.2) is 37.6 Å². The van der Waals surface area contributed by atoms with Gasteiger partial charge in [0.15, 0.2) is 9.84 Å². The van der Waals surface area contributed by atoms with Crippen molar-refractivity contribution in [3.63, 3.8) is 0 Å². The highest BCUT2D eigenvalue weighted by atomic mass is 32.2. The van der Waals surface area contributed by atoms with Crippen LogP contribution in [0.15, 0.2) is 29.6 Å². The number of rotatable bonds is 5. The average Bonchev–Trinajstić information content (AvgIpc) is 2.82. The van der Waals surface area contributed by atoms with Crippen molar-refractivity contribution in [1.82, 2.24) is 9.88 Å². The smallest absolute Gasteiger partial charge is 0.321 e. The second kappa shape index (κ2) is 7.10. The van der Waals surface area contributed by atoms with E-state index in [9.17, 15) is 13.2 Å². The molecule has 23 heavy (non-hydrogen) atoms. The number of carbonyl (C=O) groups excluding carboxylic acids is 1. The first-order chi connectivity index (χ1) is 10.7. The van der Waals surface area contributed by atoms with Gasteiger partial charge in [-0.3, -0.25) is 0 Å². The van der Waals surface area contributed by atoms with Gasteiger partial charge in [-0.2, -0.15) is 0 Å². The van der Waals surface area contributed by atoms with Crippen molar-refractivity contribution in [2.45, 2.75) is 19.2 Å². The topological polar surface area (TPSA) is 79.4 Å². The molecule has 0 radical (unpaired) electrons. The van der Waals surface area contributed by atoms with E-state index in [2.05, 4.69) is 10.3 Å². The van der Waals surface area contributed by atoms with Crippen LogP contribution in [0.2, 0.25) is 0 Å². The summed E-state index contributed by atoms with van der Waals surface area (Å²) in [7, 11) is -1.42. The summed E-state index contributed by atoms with van der Waals surface area (Å²) < 4.78 is 22.7. The number of urea groups is 1. The summed E-state index contributed by atoms with van der Waals surface area (Å²) in [4.78, 5) is 18.0. The standard InChI is InChI=1S/C15H19N3O3S2/c1-11-16-14(9-22-11)8-18(2)15(19)17-13-6-4-5-12(7-13)10-23(3,20)21/h4-7,9H,8,10H2,1-3H3,(H,17,19). The molecular formula is C15H19N3O3S2. The van der Waals surface area contributed by atoms with Gasteiger partial charge in [-0.1, -0.05) is 12.1 Å². The summed E-state index contributed by atoms with van der Waals surface area (Å²) in [6.07, 6.45) is 1.18. The molecule has 1 aromatic heterocycles. The molecule has 124 valence electrons. The number of nitrogens with zero attached hydrogens (tertiary/aromatic N) is 2. The number of thiazole rings is 1. The third kappa shape index (κ3) is 5.65. The second-order valence-electron chi connectivity index (χ2n) is 5.41. The van der Waals surface area contributed by atoms with E-state index in [1.54, 1.807) is 42.6 Å². The largest absolute Gasteiger partial charge is 0.322 e. The molecule has 0 aliphatic rings. The Morgan fingerprint density at radius 1 is 1.39 bits per heavy atom. The lowest BCUT2D eigenvalue weighted by Gasteiger charge is -2.17. The first-order valence-corrected chi connectivity index (χ1v) is 9.87. The van der Waals surface area contributed by atoms with E-state index in [-0.39, 0.29) is 11.8 Å². The number of anilines is 1. The van der Waals surface area contributed by atoms with E-state index in [1.165, 1.54) is 11.2 Å². The number of aryl methyl sites for hydroxylation is 1. The zero-order valence-electron chi connectivity index (χ0n) is 13.2. The van der Waals surface area contributed by atoms with Crippen molar-refractivity contribution in [2.24, 2.45) is 0 Å². The molecule has 0 spiro atoms. The van der Waals surface area contributed by atoms with Crippen LogP contribution in [0.1, 0.15) is 16.3 Å². The Labute approximate surface area is 140 Å². The highest BCUT2D eigenvalue weighted by Gasteiger charge is 2.12. The summed E-state index contributed by atoms with van der Waals surface area (Å²) >= 11 is 1.54. The number of amides is 2. The number of hydrogen-bond donors (Lipinski definition) is 1. The van der Waals surface area contributed by atoms with Crippen molar-refractivity contribution in [3.05, 3.63) is 45.9 Å². The fraction of sp³-hybridized carbons (Fsp3) is 0.333. The highest BCUT2D eigenvalue weighted by Crippen LogP contribution is 2.15. The molecule has 0 aliphatic heterocycles. The van der Waals surface area contributed by atoms with Crippen LogP contribution < -0.4 is 5.32 Å². The molecule has 0 saturated carbocycles. The average molecular weight is 353 g/mol. The molecule has 1 N–H and O–H groups in total. The Balaban J connectivity index is 2.00. The number of hydrogen-bond acceptors (Lipinski definition) is 5. The Morgan fingerprint density at radius 2 is 2.13 bits per heavy atom. The summed E-state index contributed by atoms with van der Waals surface area (Å²) in [6.45, 7) is 2.33. The molecule has 1 heterocycles. The lowest BCUT2D eigenvalue weighted by atomic mass is 10.2. The van der Waals surface area contributed by atoms with E-state index in [0.29, 0.717) is 17.8 Å². The van der Waals surface area contributed by atoms with E-state index in [0.717, 1.165) is 10.7 Å². The van der Waals surface area contributed by atoms with Gasteiger partial charge in [0.1, 0.15) is 0 Å². The van der Waals surface area contributed by atoms with Crippen LogP contribution in [0.5, 0.6) is 0 Å². The number of aromatic nitrogens is 1. The van der Waals surface area contributed by atoms with Gasteiger partial charge in [-0.05, 0) is 24.6 Å². The van der Waals surface area contributed by atoms with Crippen LogP contribution in [-0.2, 0) is 22.1 Å². The number of carbonyl (C=O) groups is 1. The van der Waals surface area contributed by atoms with E-state index in [1.807, 2.05) is 12.3 Å². The monoisotopic (exact) mass is 353 g/mol. The maximum Gasteiger partial charge on any atom is 0.321 e. The van der Waals surface area contributed by atoms with Gasteiger partial charge in [0, 0.05) is 24.4 Å². The Hall–Kier alpha value is -1.93. The Morgan fingerprint density at radius 3 is 2.74 bits per heavy atom. The van der Waals surface area contributed by atoms with Crippen LogP contribution in [0.4, 0.5) is 10.5 Å². The fourth-order valence-corrected chi connectivity index (χ4v) is 3.45. The number of sulfone groups is 1. The first-order valence-electron chi connectivity index (χ1n) is 6.93. The maximum atomic E-state index is 12.2. The fourth-order valence-electron chi connectivity index (χ4n) is 2.06. The summed E-state index contributed by atoms with van der Waals surface area (Å²) in [5.74, 6) is -0.0509. The molecule has 0 bridgehead atoms. The third-order valence-electron chi connectivity index (χ3n) is 3.02. The lowest BCUT2D eigenvalue weighted by molar-refractivity contribution is 0.220. The molecule has 8 heteroatoms. The maximum absolute atomic E-state index is 12.2. The van der Waals surface area contributed by atoms with Gasteiger partial charge in [-0.15, -0.1) is 11.3 Å². The quantitative estimate of drug-likeness (QED) is 0.896. The highest BCUT2D eigenvalue weighted by molar-refractivity contribution is 7.89. The van der Waals surface area contributed by atoms with Gasteiger partial charge in [-0.25, -0.2) is 18.2 Å². The van der Waals surface area contributed by atoms with Crippen molar-refractivity contribution in [3.8, 4) is 0 Å². The van der Waals surface area contributed by atoms with Gasteiger partial charge in [0.05, 0.1) is 23.0 Å². The van der Waals surface area contributed by atoms with E-state index < -0.39 is 9.84 Å². The molecule has 0 atom stereocenters. The second-order valence-corrected chi connectivity index (χ2v) is 8.62. The van der Waals surface area contributed by atoms with Crippen LogP contribution in [0.25, 0.3) is 0 Å². The predicted molar refractivity (Wildman–Crippen MR) is 92.3 cm³/mol. The summed E-state index contributed by atoms with van der Waals surface area (Å²) in [6, 6.07) is 6.56.